The molecular formula is C15H21ClN2OS2. The monoisotopic (exact) mass is 344 g/mol. The number of thiophene rings is 1. The summed E-state index contributed by atoms with van der Waals surface area (Å²) >= 11 is 9.29. The molecule has 0 unspecified atom stereocenters. The smallest absolute Gasteiger partial charge is 0.261 e. The summed E-state index contributed by atoms with van der Waals surface area (Å²) < 4.78 is 0.669. The number of piperidine rings is 1. The minimum atomic E-state index is 0.0153. The van der Waals surface area contributed by atoms with Gasteiger partial charge in [-0.2, -0.15) is 11.8 Å². The predicted molar refractivity (Wildman–Crippen MR) is 91.7 cm³/mol. The molecule has 2 fully saturated rings. The SMILES string of the molecule is O=C(NCC1CCN([C@@H]2CCSC2)CC1)c1ccc(Cl)s1. The van der Waals surface area contributed by atoms with Crippen LogP contribution in [-0.4, -0.2) is 48.0 Å². The number of carbonyl (C=O) groups is 1. The van der Waals surface area contributed by atoms with Crippen molar-refractivity contribution in [1.29, 1.82) is 0 Å². The second-order valence-corrected chi connectivity index (χ2v) is 8.68. The van der Waals surface area contributed by atoms with E-state index >= 15 is 0 Å². The van der Waals surface area contributed by atoms with Crippen LogP contribution in [0.25, 0.3) is 0 Å². The Labute approximate surface area is 139 Å². The van der Waals surface area contributed by atoms with E-state index in [1.807, 2.05) is 0 Å². The first-order chi connectivity index (χ1) is 10.2. The molecule has 0 radical (unpaired) electrons. The average Bonchev–Trinajstić information content (AvgIpc) is 3.16. The van der Waals surface area contributed by atoms with Crippen LogP contribution in [0, 0.1) is 5.92 Å². The van der Waals surface area contributed by atoms with E-state index < -0.39 is 0 Å². The van der Waals surface area contributed by atoms with Crippen LogP contribution in [0.3, 0.4) is 0 Å². The summed E-state index contributed by atoms with van der Waals surface area (Å²) in [7, 11) is 0. The van der Waals surface area contributed by atoms with Crippen molar-refractivity contribution in [2.24, 2.45) is 5.92 Å². The zero-order chi connectivity index (χ0) is 14.7. The molecule has 3 nitrogen and oxygen atoms in total. The highest BCUT2D eigenvalue weighted by Crippen LogP contribution is 2.27. The van der Waals surface area contributed by atoms with Gasteiger partial charge in [0.1, 0.15) is 0 Å². The Balaban J connectivity index is 1.40. The van der Waals surface area contributed by atoms with Gasteiger partial charge in [-0.3, -0.25) is 9.69 Å². The maximum atomic E-state index is 12.0. The number of hydrogen-bond acceptors (Lipinski definition) is 4. The van der Waals surface area contributed by atoms with Crippen LogP contribution in [0.5, 0.6) is 0 Å². The van der Waals surface area contributed by atoms with Gasteiger partial charge in [-0.15, -0.1) is 11.3 Å². The lowest BCUT2D eigenvalue weighted by molar-refractivity contribution is 0.0932. The molecule has 2 aliphatic heterocycles. The van der Waals surface area contributed by atoms with Crippen molar-refractivity contribution in [1.82, 2.24) is 10.2 Å². The molecule has 1 atom stereocenters. The number of hydrogen-bond donors (Lipinski definition) is 1. The van der Waals surface area contributed by atoms with Gasteiger partial charge in [0, 0.05) is 18.3 Å². The van der Waals surface area contributed by atoms with E-state index in [2.05, 4.69) is 22.0 Å². The van der Waals surface area contributed by atoms with Gasteiger partial charge in [0.2, 0.25) is 0 Å². The highest BCUT2D eigenvalue weighted by Gasteiger charge is 2.27. The fourth-order valence-electron chi connectivity index (χ4n) is 3.09. The average molecular weight is 345 g/mol. The first-order valence-corrected chi connectivity index (χ1v) is 9.92. The third kappa shape index (κ3) is 4.15. The van der Waals surface area contributed by atoms with Gasteiger partial charge >= 0.3 is 0 Å². The first kappa shape index (κ1) is 15.7. The van der Waals surface area contributed by atoms with Gasteiger partial charge in [-0.05, 0) is 56.2 Å². The van der Waals surface area contributed by atoms with Crippen LogP contribution >= 0.6 is 34.7 Å². The summed E-state index contributed by atoms with van der Waals surface area (Å²) in [6.45, 7) is 3.18. The number of amides is 1. The van der Waals surface area contributed by atoms with Crippen molar-refractivity contribution in [3.63, 3.8) is 0 Å². The molecule has 0 aromatic carbocycles. The minimum absolute atomic E-state index is 0.0153. The van der Waals surface area contributed by atoms with E-state index in [9.17, 15) is 4.79 Å². The molecule has 1 N–H and O–H groups in total. The molecule has 0 spiro atoms. The fraction of sp³-hybridized carbons (Fsp3) is 0.667. The zero-order valence-electron chi connectivity index (χ0n) is 12.0. The third-order valence-corrected chi connectivity index (χ3v) is 6.79. The van der Waals surface area contributed by atoms with Crippen molar-refractivity contribution in [3.05, 3.63) is 21.3 Å². The van der Waals surface area contributed by atoms with Crippen LogP contribution in [-0.2, 0) is 0 Å². The Morgan fingerprint density at radius 3 is 2.76 bits per heavy atom. The highest BCUT2D eigenvalue weighted by atomic mass is 35.5. The first-order valence-electron chi connectivity index (χ1n) is 7.57. The van der Waals surface area contributed by atoms with E-state index in [1.54, 1.807) is 12.1 Å². The summed E-state index contributed by atoms with van der Waals surface area (Å²) in [5, 5.41) is 3.06. The van der Waals surface area contributed by atoms with Gasteiger partial charge in [-0.1, -0.05) is 11.6 Å². The number of nitrogens with one attached hydrogen (secondary N) is 1. The van der Waals surface area contributed by atoms with Crippen molar-refractivity contribution in [2.45, 2.75) is 25.3 Å². The van der Waals surface area contributed by atoms with Crippen molar-refractivity contribution in [3.8, 4) is 0 Å². The molecule has 0 saturated carbocycles. The Morgan fingerprint density at radius 2 is 2.14 bits per heavy atom. The zero-order valence-corrected chi connectivity index (χ0v) is 14.4. The summed E-state index contributed by atoms with van der Waals surface area (Å²) in [5.41, 5.74) is 0. The molecule has 3 rings (SSSR count). The third-order valence-electron chi connectivity index (χ3n) is 4.42. The molecule has 2 aliphatic rings. The maximum Gasteiger partial charge on any atom is 0.261 e. The molecule has 1 amide bonds. The number of thioether (sulfide) groups is 1. The second-order valence-electron chi connectivity index (χ2n) is 5.81. The molecular weight excluding hydrogens is 324 g/mol. The number of carbonyl (C=O) groups excluding carboxylic acids is 1. The van der Waals surface area contributed by atoms with Gasteiger partial charge in [0.05, 0.1) is 9.21 Å². The van der Waals surface area contributed by atoms with Crippen LogP contribution in [0.1, 0.15) is 28.9 Å². The van der Waals surface area contributed by atoms with Crippen LogP contribution < -0.4 is 5.32 Å². The normalized spacial score (nSPS) is 24.3. The van der Waals surface area contributed by atoms with E-state index in [0.29, 0.717) is 15.1 Å². The summed E-state index contributed by atoms with van der Waals surface area (Å²) in [4.78, 5) is 15.4. The van der Waals surface area contributed by atoms with Crippen LogP contribution in [0.15, 0.2) is 12.1 Å². The molecule has 6 heteroatoms. The molecule has 1 aromatic rings. The van der Waals surface area contributed by atoms with E-state index in [1.165, 1.54) is 55.2 Å². The Hall–Kier alpha value is -0.230. The maximum absolute atomic E-state index is 12.0. The standard InChI is InChI=1S/C15H21ClN2OS2/c16-14-2-1-13(21-14)15(19)17-9-11-3-6-18(7-4-11)12-5-8-20-10-12/h1-2,11-12H,3-10H2,(H,17,19)/t12-/m1/s1. The topological polar surface area (TPSA) is 32.3 Å². The highest BCUT2D eigenvalue weighted by molar-refractivity contribution is 7.99. The predicted octanol–water partition coefficient (Wildman–Crippen LogP) is 3.35. The van der Waals surface area contributed by atoms with Crippen LogP contribution in [0.2, 0.25) is 4.34 Å². The fourth-order valence-corrected chi connectivity index (χ4v) is 5.31. The van der Waals surface area contributed by atoms with Crippen molar-refractivity contribution < 1.29 is 4.79 Å². The van der Waals surface area contributed by atoms with Crippen molar-refractivity contribution in [2.75, 3.05) is 31.1 Å². The van der Waals surface area contributed by atoms with Crippen LogP contribution in [0.4, 0.5) is 0 Å². The molecule has 21 heavy (non-hydrogen) atoms. The number of rotatable bonds is 4. The molecule has 0 aliphatic carbocycles. The lowest BCUT2D eigenvalue weighted by Gasteiger charge is -2.35. The summed E-state index contributed by atoms with van der Waals surface area (Å²) in [6.07, 6.45) is 3.75. The Morgan fingerprint density at radius 1 is 1.33 bits per heavy atom. The van der Waals surface area contributed by atoms with E-state index in [4.69, 9.17) is 11.6 Å². The number of likely N-dealkylation sites (tertiary alicyclic amines) is 1. The summed E-state index contributed by atoms with van der Waals surface area (Å²) in [5.74, 6) is 3.26. The largest absolute Gasteiger partial charge is 0.351 e. The van der Waals surface area contributed by atoms with Gasteiger partial charge < -0.3 is 5.32 Å². The number of nitrogens with zero attached hydrogens (tertiary/aromatic N) is 1. The quantitative estimate of drug-likeness (QED) is 0.909. The van der Waals surface area contributed by atoms with Crippen molar-refractivity contribution >= 4 is 40.6 Å². The lowest BCUT2D eigenvalue weighted by Crippen LogP contribution is -2.43. The second kappa shape index (κ2) is 7.36. The summed E-state index contributed by atoms with van der Waals surface area (Å²) in [6, 6.07) is 4.38. The van der Waals surface area contributed by atoms with Gasteiger partial charge in [0.25, 0.3) is 5.91 Å². The molecule has 3 heterocycles. The van der Waals surface area contributed by atoms with Gasteiger partial charge in [0.15, 0.2) is 0 Å². The molecule has 116 valence electrons. The Kier molecular flexibility index (Phi) is 5.49. The molecule has 1 aromatic heterocycles. The van der Waals surface area contributed by atoms with E-state index in [0.717, 1.165) is 12.6 Å². The Bertz CT molecular complexity index is 480. The van der Waals surface area contributed by atoms with Gasteiger partial charge in [-0.25, -0.2) is 0 Å². The molecule has 2 saturated heterocycles. The lowest BCUT2D eigenvalue weighted by atomic mass is 9.95. The minimum Gasteiger partial charge on any atom is -0.351 e. The number of halogens is 1. The molecule has 0 bridgehead atoms. The van der Waals surface area contributed by atoms with E-state index in [-0.39, 0.29) is 5.91 Å².